The van der Waals surface area contributed by atoms with Crippen molar-refractivity contribution in [1.29, 1.82) is 0 Å². The van der Waals surface area contributed by atoms with E-state index < -0.39 is 5.97 Å². The molecule has 0 aliphatic heterocycles. The van der Waals surface area contributed by atoms with Crippen LogP contribution in [0.15, 0.2) is 24.3 Å². The van der Waals surface area contributed by atoms with E-state index in [-0.39, 0.29) is 5.91 Å². The van der Waals surface area contributed by atoms with Gasteiger partial charge in [-0.1, -0.05) is 5.92 Å². The van der Waals surface area contributed by atoms with Gasteiger partial charge in [-0.05, 0) is 37.1 Å². The van der Waals surface area contributed by atoms with Crippen LogP contribution in [0.5, 0.6) is 0 Å². The Morgan fingerprint density at radius 1 is 1.25 bits per heavy atom. The predicted molar refractivity (Wildman–Crippen MR) is 59.9 cm³/mol. The number of carbonyl (C=O) groups excluding carboxylic acids is 2. The van der Waals surface area contributed by atoms with Crippen molar-refractivity contribution < 1.29 is 14.3 Å². The van der Waals surface area contributed by atoms with Crippen LogP contribution in [0.25, 0.3) is 0 Å². The molecule has 82 valence electrons. The molecule has 1 aromatic rings. The van der Waals surface area contributed by atoms with Crippen LogP contribution in [0.2, 0.25) is 0 Å². The molecular weight excluding hydrogens is 206 g/mol. The number of hydrogen-bond donors (Lipinski definition) is 1. The Morgan fingerprint density at radius 2 is 1.88 bits per heavy atom. The van der Waals surface area contributed by atoms with Crippen LogP contribution < -0.4 is 5.32 Å². The summed E-state index contributed by atoms with van der Waals surface area (Å²) in [6.45, 7) is 1.58. The summed E-state index contributed by atoms with van der Waals surface area (Å²) in [5.41, 5.74) is 1.02. The molecule has 0 unspecified atom stereocenters. The molecule has 1 rings (SSSR count). The highest BCUT2D eigenvalue weighted by molar-refractivity contribution is 6.04. The zero-order valence-corrected chi connectivity index (χ0v) is 9.03. The summed E-state index contributed by atoms with van der Waals surface area (Å²) in [6, 6.07) is 6.37. The first-order valence-electron chi connectivity index (χ1n) is 4.59. The number of benzene rings is 1. The zero-order valence-electron chi connectivity index (χ0n) is 9.03. The van der Waals surface area contributed by atoms with Crippen LogP contribution in [0, 0.1) is 11.8 Å². The van der Waals surface area contributed by atoms with Gasteiger partial charge in [0.05, 0.1) is 12.7 Å². The number of ether oxygens (including phenoxy) is 1. The second kappa shape index (κ2) is 5.56. The first kappa shape index (κ1) is 11.8. The van der Waals surface area contributed by atoms with Crippen LogP contribution >= 0.6 is 0 Å². The molecule has 0 heterocycles. The quantitative estimate of drug-likeness (QED) is 0.602. The molecule has 0 saturated heterocycles. The maximum atomic E-state index is 11.1. The van der Waals surface area contributed by atoms with Crippen LogP contribution in [-0.2, 0) is 9.53 Å². The van der Waals surface area contributed by atoms with E-state index >= 15 is 0 Å². The van der Waals surface area contributed by atoms with Gasteiger partial charge in [0.2, 0.25) is 0 Å². The van der Waals surface area contributed by atoms with Crippen molar-refractivity contribution in [3.63, 3.8) is 0 Å². The summed E-state index contributed by atoms with van der Waals surface area (Å²) in [6.07, 6.45) is 0. The molecule has 0 spiro atoms. The Hall–Kier alpha value is -2.28. The smallest absolute Gasteiger partial charge is 0.337 e. The third kappa shape index (κ3) is 3.14. The van der Waals surface area contributed by atoms with Gasteiger partial charge in [-0.25, -0.2) is 4.79 Å². The zero-order chi connectivity index (χ0) is 12.0. The van der Waals surface area contributed by atoms with Gasteiger partial charge in [0, 0.05) is 5.69 Å². The minimum Gasteiger partial charge on any atom is -0.465 e. The lowest BCUT2D eigenvalue weighted by molar-refractivity contribution is -0.111. The molecule has 1 amide bonds. The molecule has 16 heavy (non-hydrogen) atoms. The van der Waals surface area contributed by atoms with E-state index in [9.17, 15) is 9.59 Å². The van der Waals surface area contributed by atoms with Gasteiger partial charge in [0.25, 0.3) is 5.91 Å². The predicted octanol–water partition coefficient (Wildman–Crippen LogP) is 1.43. The van der Waals surface area contributed by atoms with Crippen molar-refractivity contribution in [2.75, 3.05) is 12.4 Å². The summed E-state index contributed by atoms with van der Waals surface area (Å²) in [5.74, 6) is 4.05. The standard InChI is InChI=1S/C12H11NO3/c1-3-4-11(14)13-10-7-5-9(6-8-10)12(15)16-2/h5-8H,1-2H3,(H,13,14). The molecule has 0 aliphatic rings. The molecule has 0 saturated carbocycles. The van der Waals surface area contributed by atoms with Gasteiger partial charge in [-0.15, -0.1) is 0 Å². The lowest BCUT2D eigenvalue weighted by Gasteiger charge is -2.02. The minimum absolute atomic E-state index is 0.381. The molecule has 0 fully saturated rings. The topological polar surface area (TPSA) is 55.4 Å². The van der Waals surface area contributed by atoms with E-state index in [1.807, 2.05) is 0 Å². The second-order valence-electron chi connectivity index (χ2n) is 2.90. The third-order valence-electron chi connectivity index (χ3n) is 1.80. The maximum Gasteiger partial charge on any atom is 0.337 e. The van der Waals surface area contributed by atoms with Gasteiger partial charge >= 0.3 is 5.97 Å². The number of carbonyl (C=O) groups is 2. The van der Waals surface area contributed by atoms with Crippen molar-refractivity contribution in [2.24, 2.45) is 0 Å². The average molecular weight is 217 g/mol. The number of esters is 1. The summed E-state index contributed by atoms with van der Waals surface area (Å²) in [7, 11) is 1.31. The Morgan fingerprint density at radius 3 is 2.38 bits per heavy atom. The summed E-state index contributed by atoms with van der Waals surface area (Å²) < 4.78 is 4.55. The van der Waals surface area contributed by atoms with Crippen molar-refractivity contribution >= 4 is 17.6 Å². The third-order valence-corrected chi connectivity index (χ3v) is 1.80. The average Bonchev–Trinajstić information content (AvgIpc) is 2.29. The van der Waals surface area contributed by atoms with Gasteiger partial charge in [-0.2, -0.15) is 0 Å². The first-order chi connectivity index (χ1) is 7.67. The number of amides is 1. The van der Waals surface area contributed by atoms with Crippen LogP contribution in [0.4, 0.5) is 5.69 Å². The number of nitrogens with one attached hydrogen (secondary N) is 1. The lowest BCUT2D eigenvalue weighted by Crippen LogP contribution is -2.08. The van der Waals surface area contributed by atoms with Crippen LogP contribution in [0.3, 0.4) is 0 Å². The van der Waals surface area contributed by atoms with E-state index in [2.05, 4.69) is 21.9 Å². The highest BCUT2D eigenvalue weighted by Crippen LogP contribution is 2.09. The molecule has 0 atom stereocenters. The monoisotopic (exact) mass is 217 g/mol. The number of anilines is 1. The van der Waals surface area contributed by atoms with Gasteiger partial charge in [0.1, 0.15) is 0 Å². The Labute approximate surface area is 93.6 Å². The summed E-state index contributed by atoms with van der Waals surface area (Å²) >= 11 is 0. The van der Waals surface area contributed by atoms with Crippen molar-refractivity contribution in [3.8, 4) is 11.8 Å². The maximum absolute atomic E-state index is 11.1. The van der Waals surface area contributed by atoms with Crippen molar-refractivity contribution in [3.05, 3.63) is 29.8 Å². The van der Waals surface area contributed by atoms with E-state index in [0.717, 1.165) is 0 Å². The second-order valence-corrected chi connectivity index (χ2v) is 2.90. The molecule has 0 aliphatic carbocycles. The molecule has 0 radical (unpaired) electrons. The minimum atomic E-state index is -0.411. The molecular formula is C12H11NO3. The van der Waals surface area contributed by atoms with Gasteiger partial charge in [-0.3, -0.25) is 4.79 Å². The fourth-order valence-electron chi connectivity index (χ4n) is 1.08. The van der Waals surface area contributed by atoms with Gasteiger partial charge < -0.3 is 10.1 Å². The van der Waals surface area contributed by atoms with E-state index in [1.54, 1.807) is 31.2 Å². The molecule has 1 N–H and O–H groups in total. The molecule has 0 bridgehead atoms. The molecule has 0 aromatic heterocycles. The van der Waals surface area contributed by atoms with Crippen molar-refractivity contribution in [1.82, 2.24) is 0 Å². The van der Waals surface area contributed by atoms with Crippen molar-refractivity contribution in [2.45, 2.75) is 6.92 Å². The molecule has 4 heteroatoms. The van der Waals surface area contributed by atoms with Crippen LogP contribution in [0.1, 0.15) is 17.3 Å². The number of rotatable bonds is 2. The summed E-state index contributed by atoms with van der Waals surface area (Å²) in [4.78, 5) is 22.2. The Bertz CT molecular complexity index is 451. The fourth-order valence-corrected chi connectivity index (χ4v) is 1.08. The largest absolute Gasteiger partial charge is 0.465 e. The highest BCUT2D eigenvalue weighted by atomic mass is 16.5. The number of methoxy groups -OCH3 is 1. The normalized spacial score (nSPS) is 8.62. The Balaban J connectivity index is 2.74. The fraction of sp³-hybridized carbons (Fsp3) is 0.167. The molecule has 1 aromatic carbocycles. The van der Waals surface area contributed by atoms with E-state index in [1.165, 1.54) is 7.11 Å². The lowest BCUT2D eigenvalue weighted by atomic mass is 10.2. The number of hydrogen-bond acceptors (Lipinski definition) is 3. The first-order valence-corrected chi connectivity index (χ1v) is 4.59. The molecule has 4 nitrogen and oxygen atoms in total. The SMILES string of the molecule is CC#CC(=O)Nc1ccc(C(=O)OC)cc1. The van der Waals surface area contributed by atoms with E-state index in [0.29, 0.717) is 11.3 Å². The summed E-state index contributed by atoms with van der Waals surface area (Å²) in [5, 5.41) is 2.56. The van der Waals surface area contributed by atoms with E-state index in [4.69, 9.17) is 0 Å². The highest BCUT2D eigenvalue weighted by Gasteiger charge is 2.04. The van der Waals surface area contributed by atoms with Gasteiger partial charge in [0.15, 0.2) is 0 Å². The van der Waals surface area contributed by atoms with Crippen LogP contribution in [-0.4, -0.2) is 19.0 Å². The Kier molecular flexibility index (Phi) is 4.10.